The zero-order valence-electron chi connectivity index (χ0n) is 12.9. The summed E-state index contributed by atoms with van der Waals surface area (Å²) in [4.78, 5) is 0. The fourth-order valence-corrected chi connectivity index (χ4v) is 2.38. The zero-order chi connectivity index (χ0) is 14.4. The molecule has 1 heterocycles. The highest BCUT2D eigenvalue weighted by Crippen LogP contribution is 2.20. The quantitative estimate of drug-likeness (QED) is 0.824. The van der Waals surface area contributed by atoms with Gasteiger partial charge in [0, 0.05) is 19.2 Å². The number of nitrogens with one attached hydrogen (secondary N) is 1. The van der Waals surface area contributed by atoms with E-state index in [4.69, 9.17) is 9.47 Å². The van der Waals surface area contributed by atoms with Gasteiger partial charge in [-0.15, -0.1) is 0 Å². The van der Waals surface area contributed by atoms with E-state index in [9.17, 15) is 0 Å². The molecule has 0 bridgehead atoms. The van der Waals surface area contributed by atoms with Crippen molar-refractivity contribution in [2.75, 3.05) is 13.2 Å². The standard InChI is InChI=1S/C17H27NO2/c1-4-13(2)20-16-9-7-15(8-10-16)14(3)18-12-17-6-5-11-19-17/h7-10,13-14,17-18H,4-6,11-12H2,1-3H3. The molecule has 3 unspecified atom stereocenters. The molecule has 2 rings (SSSR count). The summed E-state index contributed by atoms with van der Waals surface area (Å²) in [7, 11) is 0. The molecule has 0 saturated carbocycles. The van der Waals surface area contributed by atoms with Gasteiger partial charge in [-0.05, 0) is 50.8 Å². The van der Waals surface area contributed by atoms with Crippen molar-refractivity contribution < 1.29 is 9.47 Å². The second kappa shape index (κ2) is 7.65. The van der Waals surface area contributed by atoms with Crippen LogP contribution in [0.15, 0.2) is 24.3 Å². The summed E-state index contributed by atoms with van der Waals surface area (Å²) in [6.45, 7) is 8.28. The Hall–Kier alpha value is -1.06. The number of benzene rings is 1. The molecule has 1 aliphatic rings. The van der Waals surface area contributed by atoms with Crippen LogP contribution in [0.2, 0.25) is 0 Å². The van der Waals surface area contributed by atoms with E-state index in [-0.39, 0.29) is 6.10 Å². The van der Waals surface area contributed by atoms with Crippen molar-refractivity contribution in [1.82, 2.24) is 5.32 Å². The first-order valence-electron chi connectivity index (χ1n) is 7.80. The predicted octanol–water partition coefficient (Wildman–Crippen LogP) is 3.69. The first-order chi connectivity index (χ1) is 9.69. The first kappa shape index (κ1) is 15.3. The normalized spacial score (nSPS) is 21.6. The van der Waals surface area contributed by atoms with Crippen LogP contribution in [-0.2, 0) is 4.74 Å². The van der Waals surface area contributed by atoms with E-state index in [2.05, 4.69) is 50.4 Å². The van der Waals surface area contributed by atoms with Crippen molar-refractivity contribution in [3.63, 3.8) is 0 Å². The molecular weight excluding hydrogens is 250 g/mol. The monoisotopic (exact) mass is 277 g/mol. The van der Waals surface area contributed by atoms with Gasteiger partial charge in [0.25, 0.3) is 0 Å². The molecule has 0 amide bonds. The maximum Gasteiger partial charge on any atom is 0.119 e. The second-order valence-corrected chi connectivity index (χ2v) is 5.67. The van der Waals surface area contributed by atoms with Crippen LogP contribution in [0.4, 0.5) is 0 Å². The highest BCUT2D eigenvalue weighted by Gasteiger charge is 2.16. The third kappa shape index (κ3) is 4.50. The summed E-state index contributed by atoms with van der Waals surface area (Å²) < 4.78 is 11.4. The Bertz CT molecular complexity index is 384. The lowest BCUT2D eigenvalue weighted by Gasteiger charge is -2.18. The van der Waals surface area contributed by atoms with Gasteiger partial charge in [0.1, 0.15) is 5.75 Å². The molecule has 1 saturated heterocycles. The molecule has 3 atom stereocenters. The third-order valence-electron chi connectivity index (χ3n) is 3.97. The first-order valence-corrected chi connectivity index (χ1v) is 7.80. The van der Waals surface area contributed by atoms with Crippen LogP contribution in [0.5, 0.6) is 5.75 Å². The Morgan fingerprint density at radius 2 is 2.05 bits per heavy atom. The van der Waals surface area contributed by atoms with Gasteiger partial charge >= 0.3 is 0 Å². The van der Waals surface area contributed by atoms with Crippen molar-refractivity contribution in [3.8, 4) is 5.75 Å². The summed E-state index contributed by atoms with van der Waals surface area (Å²) in [6.07, 6.45) is 4.08. The Morgan fingerprint density at radius 3 is 2.65 bits per heavy atom. The maximum absolute atomic E-state index is 5.80. The molecule has 1 N–H and O–H groups in total. The molecule has 0 radical (unpaired) electrons. The number of rotatable bonds is 7. The summed E-state index contributed by atoms with van der Waals surface area (Å²) in [5.74, 6) is 0.953. The van der Waals surface area contributed by atoms with Crippen LogP contribution < -0.4 is 10.1 Å². The summed E-state index contributed by atoms with van der Waals surface area (Å²) in [5.41, 5.74) is 1.29. The highest BCUT2D eigenvalue weighted by molar-refractivity contribution is 5.29. The average molecular weight is 277 g/mol. The molecule has 0 aliphatic carbocycles. The fourth-order valence-electron chi connectivity index (χ4n) is 2.38. The van der Waals surface area contributed by atoms with Crippen LogP contribution in [0.25, 0.3) is 0 Å². The van der Waals surface area contributed by atoms with E-state index in [1.165, 1.54) is 18.4 Å². The lowest BCUT2D eigenvalue weighted by Crippen LogP contribution is -2.28. The molecule has 1 aliphatic heterocycles. The van der Waals surface area contributed by atoms with E-state index in [1.54, 1.807) is 0 Å². The van der Waals surface area contributed by atoms with Gasteiger partial charge < -0.3 is 14.8 Å². The second-order valence-electron chi connectivity index (χ2n) is 5.67. The molecule has 0 aromatic heterocycles. The van der Waals surface area contributed by atoms with E-state index < -0.39 is 0 Å². The minimum atomic E-state index is 0.274. The van der Waals surface area contributed by atoms with Crippen molar-refractivity contribution in [2.24, 2.45) is 0 Å². The maximum atomic E-state index is 5.80. The Morgan fingerprint density at radius 1 is 1.30 bits per heavy atom. The van der Waals surface area contributed by atoms with Gasteiger partial charge in [0.05, 0.1) is 12.2 Å². The van der Waals surface area contributed by atoms with E-state index in [1.807, 2.05) is 0 Å². The lowest BCUT2D eigenvalue weighted by molar-refractivity contribution is 0.108. The molecular formula is C17H27NO2. The molecule has 1 aromatic carbocycles. The smallest absolute Gasteiger partial charge is 0.119 e. The predicted molar refractivity (Wildman–Crippen MR) is 82.2 cm³/mol. The number of ether oxygens (including phenoxy) is 2. The molecule has 3 heteroatoms. The van der Waals surface area contributed by atoms with E-state index in [0.717, 1.165) is 25.3 Å². The zero-order valence-corrected chi connectivity index (χ0v) is 12.9. The van der Waals surface area contributed by atoms with Gasteiger partial charge in [-0.3, -0.25) is 0 Å². The minimum absolute atomic E-state index is 0.274. The van der Waals surface area contributed by atoms with Crippen LogP contribution >= 0.6 is 0 Å². The van der Waals surface area contributed by atoms with Crippen LogP contribution in [0.1, 0.15) is 51.6 Å². The summed E-state index contributed by atoms with van der Waals surface area (Å²) in [6, 6.07) is 8.75. The van der Waals surface area contributed by atoms with Gasteiger partial charge in [0.2, 0.25) is 0 Å². The van der Waals surface area contributed by atoms with Gasteiger partial charge in [-0.1, -0.05) is 19.1 Å². The van der Waals surface area contributed by atoms with Crippen molar-refractivity contribution in [2.45, 2.75) is 58.3 Å². The van der Waals surface area contributed by atoms with E-state index in [0.29, 0.717) is 12.1 Å². The highest BCUT2D eigenvalue weighted by atomic mass is 16.5. The fraction of sp³-hybridized carbons (Fsp3) is 0.647. The average Bonchev–Trinajstić information content (AvgIpc) is 2.98. The largest absolute Gasteiger partial charge is 0.491 e. The van der Waals surface area contributed by atoms with E-state index >= 15 is 0 Å². The summed E-state index contributed by atoms with van der Waals surface area (Å²) >= 11 is 0. The summed E-state index contributed by atoms with van der Waals surface area (Å²) in [5, 5.41) is 3.55. The molecule has 3 nitrogen and oxygen atoms in total. The molecule has 112 valence electrons. The Labute approximate surface area is 122 Å². The van der Waals surface area contributed by atoms with Crippen molar-refractivity contribution >= 4 is 0 Å². The van der Waals surface area contributed by atoms with Crippen LogP contribution in [0, 0.1) is 0 Å². The Kier molecular flexibility index (Phi) is 5.86. The number of hydrogen-bond donors (Lipinski definition) is 1. The third-order valence-corrected chi connectivity index (χ3v) is 3.97. The minimum Gasteiger partial charge on any atom is -0.491 e. The van der Waals surface area contributed by atoms with Crippen molar-refractivity contribution in [1.29, 1.82) is 0 Å². The SMILES string of the molecule is CCC(C)Oc1ccc(C(C)NCC2CCCO2)cc1. The molecule has 1 aromatic rings. The molecule has 0 spiro atoms. The molecule has 20 heavy (non-hydrogen) atoms. The van der Waals surface area contributed by atoms with Crippen LogP contribution in [0.3, 0.4) is 0 Å². The lowest BCUT2D eigenvalue weighted by atomic mass is 10.1. The van der Waals surface area contributed by atoms with Gasteiger partial charge in [-0.25, -0.2) is 0 Å². The van der Waals surface area contributed by atoms with Crippen molar-refractivity contribution in [3.05, 3.63) is 29.8 Å². The van der Waals surface area contributed by atoms with Gasteiger partial charge in [-0.2, -0.15) is 0 Å². The molecule has 1 fully saturated rings. The number of hydrogen-bond acceptors (Lipinski definition) is 3. The van der Waals surface area contributed by atoms with Gasteiger partial charge in [0.15, 0.2) is 0 Å². The topological polar surface area (TPSA) is 30.5 Å². The Balaban J connectivity index is 1.81. The van der Waals surface area contributed by atoms with Crippen LogP contribution in [-0.4, -0.2) is 25.4 Å².